The lowest BCUT2D eigenvalue weighted by molar-refractivity contribution is -0.384. The van der Waals surface area contributed by atoms with E-state index in [-0.39, 0.29) is 29.3 Å². The summed E-state index contributed by atoms with van der Waals surface area (Å²) in [6.07, 6.45) is 1.47. The van der Waals surface area contributed by atoms with Gasteiger partial charge >= 0.3 is 0 Å². The molecule has 8 heteroatoms. The molecule has 0 fully saturated rings. The zero-order valence-corrected chi connectivity index (χ0v) is 21.5. The quantitative estimate of drug-likeness (QED) is 0.0998. The predicted molar refractivity (Wildman–Crippen MR) is 154 cm³/mol. The van der Waals surface area contributed by atoms with Crippen LogP contribution in [0.2, 0.25) is 0 Å². The number of benzene rings is 5. The van der Waals surface area contributed by atoms with E-state index in [1.807, 2.05) is 84.9 Å². The van der Waals surface area contributed by atoms with Crippen molar-refractivity contribution in [2.75, 3.05) is 12.4 Å². The number of hydrogen-bond donors (Lipinski definition) is 1. The summed E-state index contributed by atoms with van der Waals surface area (Å²) in [6.45, 7) is 0.277. The minimum atomic E-state index is -0.741. The molecule has 5 rings (SSSR count). The van der Waals surface area contributed by atoms with Gasteiger partial charge in [-0.3, -0.25) is 14.9 Å². The number of rotatable bonds is 8. The summed E-state index contributed by atoms with van der Waals surface area (Å²) >= 11 is 0. The number of nitro groups is 1. The van der Waals surface area contributed by atoms with Gasteiger partial charge in [-0.15, -0.1) is 0 Å². The summed E-state index contributed by atoms with van der Waals surface area (Å²) in [4.78, 5) is 23.9. The van der Waals surface area contributed by atoms with Gasteiger partial charge in [0.2, 0.25) is 0 Å². The van der Waals surface area contributed by atoms with Crippen LogP contribution in [0.4, 0.5) is 11.4 Å². The van der Waals surface area contributed by atoms with Gasteiger partial charge in [-0.25, -0.2) is 0 Å². The highest BCUT2D eigenvalue weighted by Gasteiger charge is 2.18. The number of carbonyl (C=O) groups is 1. The fourth-order valence-corrected chi connectivity index (χ4v) is 4.51. The van der Waals surface area contributed by atoms with Gasteiger partial charge in [0.25, 0.3) is 11.6 Å². The van der Waals surface area contributed by atoms with E-state index >= 15 is 0 Å². The SMILES string of the molecule is COc1ccc([N+](=O)[O-])cc1NC(=O)/C(C#N)=C/c1c(OCc2cccc3ccccc23)ccc2ccccc12. The van der Waals surface area contributed by atoms with E-state index in [0.29, 0.717) is 11.3 Å². The van der Waals surface area contributed by atoms with Crippen LogP contribution in [0.3, 0.4) is 0 Å². The van der Waals surface area contributed by atoms with Crippen LogP contribution in [0.25, 0.3) is 27.6 Å². The molecule has 0 bridgehead atoms. The van der Waals surface area contributed by atoms with Crippen LogP contribution < -0.4 is 14.8 Å². The fraction of sp³-hybridized carbons (Fsp3) is 0.0625. The summed E-state index contributed by atoms with van der Waals surface area (Å²) in [5.74, 6) is -0.0186. The second-order valence-corrected chi connectivity index (χ2v) is 8.89. The molecule has 5 aromatic carbocycles. The Labute approximate surface area is 229 Å². The number of carbonyl (C=O) groups excluding carboxylic acids is 1. The molecule has 8 nitrogen and oxygen atoms in total. The summed E-state index contributed by atoms with van der Waals surface area (Å²) in [5, 5.41) is 27.6. The first-order valence-corrected chi connectivity index (χ1v) is 12.3. The number of ether oxygens (including phenoxy) is 2. The number of hydrogen-bond acceptors (Lipinski definition) is 6. The van der Waals surface area contributed by atoms with Crippen molar-refractivity contribution in [3.05, 3.63) is 124 Å². The molecule has 0 atom stereocenters. The minimum Gasteiger partial charge on any atom is -0.495 e. The zero-order chi connectivity index (χ0) is 28.1. The van der Waals surface area contributed by atoms with E-state index in [2.05, 4.69) is 5.32 Å². The Bertz CT molecular complexity index is 1830. The lowest BCUT2D eigenvalue weighted by Crippen LogP contribution is -2.14. The van der Waals surface area contributed by atoms with Gasteiger partial charge in [-0.1, -0.05) is 72.8 Å². The molecular formula is C32H23N3O5. The Balaban J connectivity index is 1.52. The maximum atomic E-state index is 13.2. The van der Waals surface area contributed by atoms with Gasteiger partial charge in [0.1, 0.15) is 29.7 Å². The van der Waals surface area contributed by atoms with E-state index in [1.54, 1.807) is 0 Å². The van der Waals surface area contributed by atoms with Crippen LogP contribution in [-0.2, 0) is 11.4 Å². The number of amides is 1. The Hall–Kier alpha value is -5.68. The molecule has 5 aromatic rings. The molecule has 196 valence electrons. The number of anilines is 1. The largest absolute Gasteiger partial charge is 0.495 e. The van der Waals surface area contributed by atoms with Crippen molar-refractivity contribution in [3.8, 4) is 17.6 Å². The third-order valence-corrected chi connectivity index (χ3v) is 6.49. The second kappa shape index (κ2) is 11.4. The summed E-state index contributed by atoms with van der Waals surface area (Å²) < 4.78 is 11.5. The number of non-ortho nitro benzene ring substituents is 1. The first-order valence-electron chi connectivity index (χ1n) is 12.3. The number of nitro benzene ring substituents is 1. The van der Waals surface area contributed by atoms with E-state index < -0.39 is 10.8 Å². The van der Waals surface area contributed by atoms with Crippen LogP contribution in [0, 0.1) is 21.4 Å². The summed E-state index contributed by atoms with van der Waals surface area (Å²) in [6, 6.07) is 31.2. The zero-order valence-electron chi connectivity index (χ0n) is 21.5. The van der Waals surface area contributed by atoms with E-state index in [0.717, 1.165) is 27.1 Å². The topological polar surface area (TPSA) is 114 Å². The average molecular weight is 530 g/mol. The molecule has 1 N–H and O–H groups in total. The van der Waals surface area contributed by atoms with Crippen molar-refractivity contribution in [2.24, 2.45) is 0 Å². The maximum absolute atomic E-state index is 13.2. The van der Waals surface area contributed by atoms with Crippen molar-refractivity contribution in [3.63, 3.8) is 0 Å². The fourth-order valence-electron chi connectivity index (χ4n) is 4.51. The molecule has 40 heavy (non-hydrogen) atoms. The molecule has 0 radical (unpaired) electrons. The van der Waals surface area contributed by atoms with Crippen LogP contribution in [0.1, 0.15) is 11.1 Å². The third kappa shape index (κ3) is 5.30. The minimum absolute atomic E-state index is 0.0770. The molecule has 0 saturated carbocycles. The highest BCUT2D eigenvalue weighted by Crippen LogP contribution is 2.33. The van der Waals surface area contributed by atoms with Crippen LogP contribution in [-0.4, -0.2) is 17.9 Å². The standard InChI is InChI=1S/C32H23N3O5/c1-39-31-16-14-25(35(37)38)18-29(31)34-32(36)24(19-33)17-28-27-12-5-3-8-22(27)13-15-30(28)40-20-23-10-6-9-21-7-2-4-11-26(21)23/h2-18H,20H2,1H3,(H,34,36)/b24-17+. The summed E-state index contributed by atoms with van der Waals surface area (Å²) in [5.41, 5.74) is 1.21. The molecule has 0 spiro atoms. The van der Waals surface area contributed by atoms with Gasteiger partial charge < -0.3 is 14.8 Å². The van der Waals surface area contributed by atoms with Crippen molar-refractivity contribution < 1.29 is 19.2 Å². The van der Waals surface area contributed by atoms with Gasteiger partial charge in [0.05, 0.1) is 17.7 Å². The highest BCUT2D eigenvalue weighted by molar-refractivity contribution is 6.11. The maximum Gasteiger partial charge on any atom is 0.271 e. The molecule has 0 aliphatic rings. The lowest BCUT2D eigenvalue weighted by Gasteiger charge is -2.14. The normalized spacial score (nSPS) is 11.2. The van der Waals surface area contributed by atoms with Crippen LogP contribution >= 0.6 is 0 Å². The Morgan fingerprint density at radius 1 is 0.925 bits per heavy atom. The van der Waals surface area contributed by atoms with E-state index in [4.69, 9.17) is 9.47 Å². The average Bonchev–Trinajstić information content (AvgIpc) is 2.98. The van der Waals surface area contributed by atoms with Gasteiger partial charge in [0, 0.05) is 17.7 Å². The number of nitrogens with one attached hydrogen (secondary N) is 1. The highest BCUT2D eigenvalue weighted by atomic mass is 16.6. The van der Waals surface area contributed by atoms with E-state index in [1.165, 1.54) is 31.4 Å². The van der Waals surface area contributed by atoms with Crippen LogP contribution in [0.15, 0.2) is 103 Å². The molecule has 0 unspecified atom stereocenters. The summed E-state index contributed by atoms with van der Waals surface area (Å²) in [7, 11) is 1.38. The molecule has 1 amide bonds. The first kappa shape index (κ1) is 25.9. The Morgan fingerprint density at radius 2 is 1.60 bits per heavy atom. The van der Waals surface area contributed by atoms with Crippen molar-refractivity contribution in [1.82, 2.24) is 0 Å². The molecule has 0 heterocycles. The van der Waals surface area contributed by atoms with E-state index in [9.17, 15) is 20.2 Å². The van der Waals surface area contributed by atoms with Crippen molar-refractivity contribution in [1.29, 1.82) is 5.26 Å². The van der Waals surface area contributed by atoms with Gasteiger partial charge in [-0.2, -0.15) is 5.26 Å². The molecule has 0 aliphatic heterocycles. The van der Waals surface area contributed by atoms with Gasteiger partial charge in [-0.05, 0) is 45.3 Å². The second-order valence-electron chi connectivity index (χ2n) is 8.89. The van der Waals surface area contributed by atoms with Crippen molar-refractivity contribution in [2.45, 2.75) is 6.61 Å². The first-order chi connectivity index (χ1) is 19.5. The molecule has 0 aliphatic carbocycles. The van der Waals surface area contributed by atoms with Gasteiger partial charge in [0.15, 0.2) is 0 Å². The molecule has 0 aromatic heterocycles. The number of nitrogens with zero attached hydrogens (tertiary/aromatic N) is 2. The number of fused-ring (bicyclic) bond motifs is 2. The Kier molecular flexibility index (Phi) is 7.38. The molecular weight excluding hydrogens is 506 g/mol. The van der Waals surface area contributed by atoms with Crippen molar-refractivity contribution >= 4 is 44.9 Å². The smallest absolute Gasteiger partial charge is 0.271 e. The number of methoxy groups -OCH3 is 1. The molecule has 0 saturated heterocycles. The lowest BCUT2D eigenvalue weighted by atomic mass is 10.0. The number of nitriles is 1. The Morgan fingerprint density at radius 3 is 2.33 bits per heavy atom. The predicted octanol–water partition coefficient (Wildman–Crippen LogP) is 7.03. The third-order valence-electron chi connectivity index (χ3n) is 6.49. The monoisotopic (exact) mass is 529 g/mol. The van der Waals surface area contributed by atoms with Crippen LogP contribution in [0.5, 0.6) is 11.5 Å².